The van der Waals surface area contributed by atoms with Crippen LogP contribution in [0.4, 0.5) is 0 Å². The van der Waals surface area contributed by atoms with Gasteiger partial charge in [0, 0.05) is 18.9 Å². The monoisotopic (exact) mass is 354 g/mol. The molecule has 4 N–H and O–H groups in total. The third-order valence-corrected chi connectivity index (χ3v) is 5.25. The lowest BCUT2D eigenvalue weighted by Gasteiger charge is -2.34. The summed E-state index contributed by atoms with van der Waals surface area (Å²) < 4.78 is 0. The van der Waals surface area contributed by atoms with Crippen molar-refractivity contribution in [2.45, 2.75) is 75.9 Å². The van der Waals surface area contributed by atoms with E-state index in [2.05, 4.69) is 0 Å². The molecule has 8 nitrogen and oxygen atoms in total. The van der Waals surface area contributed by atoms with Gasteiger partial charge in [-0.05, 0) is 32.1 Å². The zero-order valence-corrected chi connectivity index (χ0v) is 14.2. The number of nitrogens with two attached hydrogens (primary N) is 1. The molecule has 8 heteroatoms. The van der Waals surface area contributed by atoms with Gasteiger partial charge in [-0.2, -0.15) is 0 Å². The molecule has 2 fully saturated rings. The third-order valence-electron chi connectivity index (χ3n) is 5.25. The van der Waals surface area contributed by atoms with Gasteiger partial charge in [0.2, 0.25) is 5.91 Å². The van der Waals surface area contributed by atoms with Gasteiger partial charge in [0.15, 0.2) is 5.78 Å². The number of carboxylic acid groups (broad SMARTS) is 2. The van der Waals surface area contributed by atoms with E-state index in [1.54, 1.807) is 4.90 Å². The topological polar surface area (TPSA) is 138 Å². The van der Waals surface area contributed by atoms with Crippen LogP contribution in [0.1, 0.15) is 57.8 Å². The summed E-state index contributed by atoms with van der Waals surface area (Å²) in [4.78, 5) is 48.8. The summed E-state index contributed by atoms with van der Waals surface area (Å²) in [6.45, 7) is 0. The fraction of sp³-hybridized carbons (Fsp3) is 0.765. The van der Waals surface area contributed by atoms with Crippen LogP contribution in [-0.2, 0) is 19.2 Å². The second-order valence-corrected chi connectivity index (χ2v) is 7.02. The van der Waals surface area contributed by atoms with Crippen molar-refractivity contribution < 1.29 is 29.4 Å². The Labute approximate surface area is 146 Å². The first kappa shape index (κ1) is 19.4. The van der Waals surface area contributed by atoms with Gasteiger partial charge in [-0.15, -0.1) is 0 Å². The van der Waals surface area contributed by atoms with Crippen LogP contribution >= 0.6 is 0 Å². The van der Waals surface area contributed by atoms with Crippen molar-refractivity contribution >= 4 is 23.6 Å². The van der Waals surface area contributed by atoms with Gasteiger partial charge in [-0.3, -0.25) is 19.2 Å². The minimum absolute atomic E-state index is 0.00454. The van der Waals surface area contributed by atoms with Crippen LogP contribution in [-0.4, -0.2) is 56.9 Å². The molecule has 0 spiro atoms. The van der Waals surface area contributed by atoms with E-state index in [0.29, 0.717) is 12.8 Å². The second-order valence-electron chi connectivity index (χ2n) is 7.02. The third kappa shape index (κ3) is 4.78. The van der Waals surface area contributed by atoms with Crippen molar-refractivity contribution in [3.05, 3.63) is 0 Å². The molecule has 0 aromatic carbocycles. The summed E-state index contributed by atoms with van der Waals surface area (Å²) in [7, 11) is 0. The molecule has 0 aromatic rings. The van der Waals surface area contributed by atoms with Gasteiger partial charge >= 0.3 is 11.9 Å². The Bertz CT molecular complexity index is 549. The van der Waals surface area contributed by atoms with Crippen LogP contribution in [0.25, 0.3) is 0 Å². The zero-order chi connectivity index (χ0) is 18.6. The van der Waals surface area contributed by atoms with Gasteiger partial charge < -0.3 is 20.8 Å². The molecule has 4 atom stereocenters. The molecule has 0 unspecified atom stereocenters. The molecule has 0 radical (unpaired) electrons. The highest BCUT2D eigenvalue weighted by Gasteiger charge is 2.43. The normalized spacial score (nSPS) is 28.0. The Kier molecular flexibility index (Phi) is 6.52. The summed E-state index contributed by atoms with van der Waals surface area (Å²) >= 11 is 0. The van der Waals surface area contributed by atoms with E-state index in [0.717, 1.165) is 25.7 Å². The predicted molar refractivity (Wildman–Crippen MR) is 87.7 cm³/mol. The molecule has 2 rings (SSSR count). The number of carbonyl (C=O) groups excluding carboxylic acids is 2. The maximum atomic E-state index is 12.7. The van der Waals surface area contributed by atoms with E-state index in [-0.39, 0.29) is 37.0 Å². The van der Waals surface area contributed by atoms with Crippen molar-refractivity contribution in [3.8, 4) is 0 Å². The van der Waals surface area contributed by atoms with E-state index in [1.807, 2.05) is 0 Å². The van der Waals surface area contributed by atoms with Crippen LogP contribution in [0.15, 0.2) is 0 Å². The van der Waals surface area contributed by atoms with Gasteiger partial charge in [0.25, 0.3) is 0 Å². The standard InChI is InChI=1S/C17H26N2O6/c18-12-4-2-1-3-11-6-7-13(19(11)16(12)23)14(20)9-10(17(24)25)5-8-15(21)22/h10-13H,1-9,18H2,(H,21,22)(H,24,25)/t10-,11-,12+,13+/m1/s1. The van der Waals surface area contributed by atoms with Crippen LogP contribution in [0, 0.1) is 5.92 Å². The molecule has 2 heterocycles. The van der Waals surface area contributed by atoms with Crippen LogP contribution < -0.4 is 5.73 Å². The van der Waals surface area contributed by atoms with Crippen molar-refractivity contribution in [1.82, 2.24) is 4.90 Å². The fourth-order valence-electron chi connectivity index (χ4n) is 3.86. The zero-order valence-electron chi connectivity index (χ0n) is 14.2. The lowest BCUT2D eigenvalue weighted by atomic mass is 9.93. The Morgan fingerprint density at radius 1 is 1.12 bits per heavy atom. The van der Waals surface area contributed by atoms with Gasteiger partial charge in [0.1, 0.15) is 0 Å². The molecular weight excluding hydrogens is 328 g/mol. The van der Waals surface area contributed by atoms with E-state index >= 15 is 0 Å². The molecule has 0 aromatic heterocycles. The summed E-state index contributed by atoms with van der Waals surface area (Å²) in [6.07, 6.45) is 3.88. The first-order chi connectivity index (χ1) is 11.8. The molecule has 1 amide bonds. The first-order valence-electron chi connectivity index (χ1n) is 8.86. The molecule has 2 aliphatic heterocycles. The summed E-state index contributed by atoms with van der Waals surface area (Å²) in [5.74, 6) is -3.84. The van der Waals surface area contributed by atoms with Crippen molar-refractivity contribution in [2.24, 2.45) is 11.7 Å². The highest BCUT2D eigenvalue weighted by Crippen LogP contribution is 2.32. The quantitative estimate of drug-likeness (QED) is 0.614. The second kappa shape index (κ2) is 8.42. The highest BCUT2D eigenvalue weighted by atomic mass is 16.4. The molecule has 140 valence electrons. The van der Waals surface area contributed by atoms with Gasteiger partial charge in [0.05, 0.1) is 18.0 Å². The van der Waals surface area contributed by atoms with Crippen molar-refractivity contribution in [3.63, 3.8) is 0 Å². The predicted octanol–water partition coefficient (Wildman–Crippen LogP) is 0.772. The Morgan fingerprint density at radius 2 is 1.80 bits per heavy atom. The summed E-state index contributed by atoms with van der Waals surface area (Å²) in [5.41, 5.74) is 5.93. The summed E-state index contributed by atoms with van der Waals surface area (Å²) in [6, 6.07) is -1.25. The molecule has 2 saturated heterocycles. The molecular formula is C17H26N2O6. The van der Waals surface area contributed by atoms with Crippen LogP contribution in [0.5, 0.6) is 0 Å². The van der Waals surface area contributed by atoms with Crippen LogP contribution in [0.3, 0.4) is 0 Å². The number of Topliss-reactive ketones (excluding diaryl/α,β-unsaturated/α-hetero) is 1. The molecule has 0 saturated carbocycles. The van der Waals surface area contributed by atoms with E-state index in [4.69, 9.17) is 10.8 Å². The molecule has 0 bridgehead atoms. The average molecular weight is 354 g/mol. The highest BCUT2D eigenvalue weighted by molar-refractivity contribution is 5.93. The minimum Gasteiger partial charge on any atom is -0.481 e. The number of aliphatic carboxylic acids is 2. The number of ketones is 1. The van der Waals surface area contributed by atoms with E-state index in [1.165, 1.54) is 0 Å². The maximum absolute atomic E-state index is 12.7. The van der Waals surface area contributed by atoms with E-state index < -0.39 is 29.9 Å². The lowest BCUT2D eigenvalue weighted by Crippen LogP contribution is -2.52. The van der Waals surface area contributed by atoms with Crippen molar-refractivity contribution in [2.75, 3.05) is 0 Å². The number of hydrogen-bond acceptors (Lipinski definition) is 5. The number of carbonyl (C=O) groups is 4. The number of hydrogen-bond donors (Lipinski definition) is 3. The Balaban J connectivity index is 2.07. The molecule has 2 aliphatic rings. The molecule has 25 heavy (non-hydrogen) atoms. The molecule has 0 aliphatic carbocycles. The first-order valence-corrected chi connectivity index (χ1v) is 8.86. The number of rotatable bonds is 7. The van der Waals surface area contributed by atoms with Crippen molar-refractivity contribution in [1.29, 1.82) is 0 Å². The van der Waals surface area contributed by atoms with Crippen LogP contribution in [0.2, 0.25) is 0 Å². The summed E-state index contributed by atoms with van der Waals surface area (Å²) in [5, 5.41) is 18.0. The fourth-order valence-corrected chi connectivity index (χ4v) is 3.86. The van der Waals surface area contributed by atoms with Gasteiger partial charge in [-0.1, -0.05) is 12.8 Å². The lowest BCUT2D eigenvalue weighted by molar-refractivity contribution is -0.146. The maximum Gasteiger partial charge on any atom is 0.306 e. The number of nitrogens with zero attached hydrogens (tertiary/aromatic N) is 1. The number of fused-ring (bicyclic) bond motifs is 1. The average Bonchev–Trinajstić information content (AvgIpc) is 2.96. The van der Waals surface area contributed by atoms with E-state index in [9.17, 15) is 24.3 Å². The number of carboxylic acids is 2. The minimum atomic E-state index is -1.18. The largest absolute Gasteiger partial charge is 0.481 e. The Hall–Kier alpha value is -1.96. The SMILES string of the molecule is N[C@H]1CCCC[C@@H]2CC[C@@H](C(=O)C[C@@H](CCC(=O)O)C(=O)O)N2C1=O. The van der Waals surface area contributed by atoms with Gasteiger partial charge in [-0.25, -0.2) is 0 Å². The number of amides is 1. The smallest absolute Gasteiger partial charge is 0.306 e. The Morgan fingerprint density at radius 3 is 2.44 bits per heavy atom.